The van der Waals surface area contributed by atoms with Gasteiger partial charge in [-0.25, -0.2) is 17.8 Å². The Kier molecular flexibility index (Phi) is 6.33. The van der Waals surface area contributed by atoms with Crippen molar-refractivity contribution in [2.75, 3.05) is 4.72 Å². The van der Waals surface area contributed by atoms with Gasteiger partial charge < -0.3 is 15.6 Å². The molecule has 0 saturated carbocycles. The first-order valence-electron chi connectivity index (χ1n) is 9.39. The van der Waals surface area contributed by atoms with Crippen LogP contribution in [0, 0.1) is 17.1 Å². The molecular weight excluding hydrogens is 512 g/mol. The molecule has 1 aliphatic heterocycles. The SMILES string of the molecule is N#Cc1cc(S(=O)(=O)Nc2ncns2)ccc1Oc1cc(F)c(C(F)(F)F)cc1C1=CNNC=C1.[HH]. The summed E-state index contributed by atoms with van der Waals surface area (Å²) >= 11 is 0.802. The second-order valence-corrected chi connectivity index (χ2v) is 9.23. The topological polar surface area (TPSA) is 129 Å². The van der Waals surface area contributed by atoms with Crippen molar-refractivity contribution < 1.29 is 32.1 Å². The van der Waals surface area contributed by atoms with Crippen LogP contribution in [0.2, 0.25) is 0 Å². The number of aromatic nitrogens is 2. The molecule has 3 N–H and O–H groups in total. The van der Waals surface area contributed by atoms with Gasteiger partial charge in [0.1, 0.15) is 29.7 Å². The summed E-state index contributed by atoms with van der Waals surface area (Å²) < 4.78 is 90.9. The van der Waals surface area contributed by atoms with E-state index in [9.17, 15) is 31.2 Å². The number of nitriles is 1. The average Bonchev–Trinajstić information content (AvgIpc) is 3.31. The molecule has 35 heavy (non-hydrogen) atoms. The highest BCUT2D eigenvalue weighted by atomic mass is 32.2. The van der Waals surface area contributed by atoms with E-state index in [1.807, 2.05) is 0 Å². The number of halogens is 4. The molecule has 0 radical (unpaired) electrons. The van der Waals surface area contributed by atoms with Crippen LogP contribution in [0.15, 0.2) is 60.0 Å². The maximum Gasteiger partial charge on any atom is 0.419 e. The van der Waals surface area contributed by atoms with Crippen LogP contribution in [0.3, 0.4) is 0 Å². The number of alkyl halides is 3. The molecular formula is C20H14F4N6O3S2. The number of nitrogens with zero attached hydrogens (tertiary/aromatic N) is 3. The lowest BCUT2D eigenvalue weighted by Crippen LogP contribution is -2.23. The molecule has 2 aromatic carbocycles. The molecule has 0 amide bonds. The minimum atomic E-state index is -4.96. The van der Waals surface area contributed by atoms with E-state index >= 15 is 0 Å². The summed E-state index contributed by atoms with van der Waals surface area (Å²) in [6.45, 7) is 0. The first-order chi connectivity index (χ1) is 16.6. The van der Waals surface area contributed by atoms with E-state index in [1.54, 1.807) is 6.07 Å². The van der Waals surface area contributed by atoms with E-state index in [0.717, 1.165) is 36.1 Å². The van der Waals surface area contributed by atoms with Crippen LogP contribution in [0.25, 0.3) is 5.57 Å². The fraction of sp³-hybridized carbons (Fsp3) is 0.0500. The van der Waals surface area contributed by atoms with Crippen LogP contribution in [-0.4, -0.2) is 17.8 Å². The molecule has 0 unspecified atom stereocenters. The van der Waals surface area contributed by atoms with Gasteiger partial charge in [0.15, 0.2) is 0 Å². The highest BCUT2D eigenvalue weighted by Gasteiger charge is 2.35. The molecule has 0 aliphatic carbocycles. The third kappa shape index (κ3) is 5.18. The lowest BCUT2D eigenvalue weighted by molar-refractivity contribution is -0.140. The van der Waals surface area contributed by atoms with Crippen LogP contribution in [0.5, 0.6) is 11.5 Å². The summed E-state index contributed by atoms with van der Waals surface area (Å²) in [6, 6.07) is 6.17. The predicted molar refractivity (Wildman–Crippen MR) is 119 cm³/mol. The third-order valence-corrected chi connectivity index (χ3v) is 6.57. The van der Waals surface area contributed by atoms with Crippen molar-refractivity contribution >= 4 is 32.3 Å². The molecule has 0 saturated heterocycles. The zero-order valence-electron chi connectivity index (χ0n) is 17.1. The average molecular weight is 526 g/mol. The van der Waals surface area contributed by atoms with Gasteiger partial charge in [0, 0.05) is 42.6 Å². The smallest absolute Gasteiger partial charge is 0.419 e. The Hall–Kier alpha value is -4.16. The second kappa shape index (κ2) is 9.24. The summed E-state index contributed by atoms with van der Waals surface area (Å²) in [4.78, 5) is 3.42. The first-order valence-corrected chi connectivity index (χ1v) is 11.6. The van der Waals surface area contributed by atoms with Gasteiger partial charge in [0.05, 0.1) is 16.0 Å². The summed E-state index contributed by atoms with van der Waals surface area (Å²) in [5, 5.41) is 9.54. The van der Waals surface area contributed by atoms with Crippen molar-refractivity contribution in [3.8, 4) is 17.6 Å². The number of hydrogen-bond donors (Lipinski definition) is 3. The van der Waals surface area contributed by atoms with Gasteiger partial charge in [-0.05, 0) is 30.3 Å². The molecule has 0 bridgehead atoms. The highest BCUT2D eigenvalue weighted by Crippen LogP contribution is 2.40. The fourth-order valence-corrected chi connectivity index (χ4v) is 4.65. The zero-order valence-corrected chi connectivity index (χ0v) is 18.7. The highest BCUT2D eigenvalue weighted by molar-refractivity contribution is 7.93. The maximum atomic E-state index is 14.4. The molecule has 2 heterocycles. The number of rotatable bonds is 6. The van der Waals surface area contributed by atoms with Crippen LogP contribution < -0.4 is 20.3 Å². The lowest BCUT2D eigenvalue weighted by atomic mass is 10.0. The molecule has 9 nitrogen and oxygen atoms in total. The molecule has 4 rings (SSSR count). The van der Waals surface area contributed by atoms with Gasteiger partial charge >= 0.3 is 6.18 Å². The number of hydrazine groups is 1. The Morgan fingerprint density at radius 3 is 2.60 bits per heavy atom. The summed E-state index contributed by atoms with van der Waals surface area (Å²) in [5.41, 5.74) is 3.54. The number of allylic oxidation sites excluding steroid dienone is 2. The van der Waals surface area contributed by atoms with Crippen LogP contribution in [0.1, 0.15) is 18.1 Å². The van der Waals surface area contributed by atoms with Gasteiger partial charge in [0.2, 0.25) is 5.13 Å². The quantitative estimate of drug-likeness (QED) is 0.404. The van der Waals surface area contributed by atoms with E-state index in [2.05, 4.69) is 24.9 Å². The second-order valence-electron chi connectivity index (χ2n) is 6.77. The van der Waals surface area contributed by atoms with E-state index in [0.29, 0.717) is 12.1 Å². The Labute approximate surface area is 201 Å². The Morgan fingerprint density at radius 2 is 1.97 bits per heavy atom. The van der Waals surface area contributed by atoms with Crippen molar-refractivity contribution in [1.29, 1.82) is 5.26 Å². The molecule has 3 aromatic rings. The number of nitrogens with one attached hydrogen (secondary N) is 3. The van der Waals surface area contributed by atoms with E-state index in [1.165, 1.54) is 18.5 Å². The molecule has 1 aromatic heterocycles. The number of sulfonamides is 1. The third-order valence-electron chi connectivity index (χ3n) is 4.53. The Morgan fingerprint density at radius 1 is 1.17 bits per heavy atom. The zero-order chi connectivity index (χ0) is 25.2. The van der Waals surface area contributed by atoms with Gasteiger partial charge in [-0.1, -0.05) is 0 Å². The molecule has 0 spiro atoms. The fourth-order valence-electron chi connectivity index (χ4n) is 2.96. The van der Waals surface area contributed by atoms with Crippen molar-refractivity contribution in [3.63, 3.8) is 0 Å². The van der Waals surface area contributed by atoms with Crippen LogP contribution >= 0.6 is 11.5 Å². The monoisotopic (exact) mass is 526 g/mol. The molecule has 0 fully saturated rings. The molecule has 0 atom stereocenters. The Balaban J connectivity index is 0.00000361. The normalized spacial score (nSPS) is 13.3. The van der Waals surface area contributed by atoms with Gasteiger partial charge in [-0.15, -0.1) is 0 Å². The van der Waals surface area contributed by atoms with Crippen LogP contribution in [0.4, 0.5) is 22.7 Å². The Bertz CT molecular complexity index is 1490. The summed E-state index contributed by atoms with van der Waals surface area (Å²) in [7, 11) is -4.13. The molecule has 15 heteroatoms. The van der Waals surface area contributed by atoms with Crippen molar-refractivity contribution in [2.45, 2.75) is 11.1 Å². The van der Waals surface area contributed by atoms with Crippen molar-refractivity contribution in [2.24, 2.45) is 0 Å². The van der Waals surface area contributed by atoms with Crippen molar-refractivity contribution in [1.82, 2.24) is 20.2 Å². The lowest BCUT2D eigenvalue weighted by Gasteiger charge is -2.18. The number of anilines is 1. The standard InChI is InChI=1S/C20H12F4N6O3S2.H2/c21-16-7-18(14(6-15(16)20(22,23)24)11-3-4-27-28-9-11)33-17-2-1-13(5-12(17)8-25)35(31,32)30-19-26-10-29-34-19;/h1-7,9-10,27-28H,(H,26,29,30);1H. The number of ether oxygens (including phenoxy) is 1. The molecule has 1 aliphatic rings. The largest absolute Gasteiger partial charge is 0.455 e. The first kappa shape index (κ1) is 24.0. The van der Waals surface area contributed by atoms with Gasteiger partial charge in [0.25, 0.3) is 10.0 Å². The van der Waals surface area contributed by atoms with E-state index in [-0.39, 0.29) is 39.7 Å². The van der Waals surface area contributed by atoms with E-state index < -0.39 is 27.6 Å². The van der Waals surface area contributed by atoms with Crippen molar-refractivity contribution in [3.05, 3.63) is 77.6 Å². The molecule has 182 valence electrons. The minimum absolute atomic E-state index is 0. The van der Waals surface area contributed by atoms with Gasteiger partial charge in [-0.3, -0.25) is 4.72 Å². The number of benzene rings is 2. The van der Waals surface area contributed by atoms with Crippen LogP contribution in [-0.2, 0) is 16.2 Å². The predicted octanol–water partition coefficient (Wildman–Crippen LogP) is 4.37. The minimum Gasteiger partial charge on any atom is -0.455 e. The number of hydrogen-bond acceptors (Lipinski definition) is 9. The summed E-state index contributed by atoms with van der Waals surface area (Å²) in [5.74, 6) is -2.11. The van der Waals surface area contributed by atoms with E-state index in [4.69, 9.17) is 4.74 Å². The summed E-state index contributed by atoms with van der Waals surface area (Å²) in [6.07, 6.45) is 0.358. The van der Waals surface area contributed by atoms with Gasteiger partial charge in [-0.2, -0.15) is 22.8 Å². The maximum absolute atomic E-state index is 14.4.